The van der Waals surface area contributed by atoms with E-state index in [1.54, 1.807) is 0 Å². The van der Waals surface area contributed by atoms with Gasteiger partial charge in [-0.3, -0.25) is 0 Å². The van der Waals surface area contributed by atoms with Gasteiger partial charge in [0.05, 0.1) is 5.56 Å². The van der Waals surface area contributed by atoms with Gasteiger partial charge in [-0.1, -0.05) is 41.9 Å². The molecule has 0 amide bonds. The number of hydrogen-bond acceptors (Lipinski definition) is 3. The number of aromatic nitrogens is 1. The zero-order valence-corrected chi connectivity index (χ0v) is 12.0. The van der Waals surface area contributed by atoms with E-state index in [1.165, 1.54) is 0 Å². The van der Waals surface area contributed by atoms with Crippen LogP contribution in [0.3, 0.4) is 0 Å². The van der Waals surface area contributed by atoms with Crippen molar-refractivity contribution in [1.29, 1.82) is 5.26 Å². The average Bonchev–Trinajstić information content (AvgIpc) is 2.47. The Balaban J connectivity index is 2.30. The quantitative estimate of drug-likeness (QED) is 0.754. The maximum Gasteiger partial charge on any atom is 0.147 e. The summed E-state index contributed by atoms with van der Waals surface area (Å²) in [6.45, 7) is 1.77. The molecule has 0 saturated heterocycles. The van der Waals surface area contributed by atoms with E-state index in [2.05, 4.69) is 23.0 Å². The molecule has 0 atom stereocenters. The zero-order valence-electron chi connectivity index (χ0n) is 11.2. The smallest absolute Gasteiger partial charge is 0.147 e. The standard InChI is InChI=1S/C16H14ClN3/c1-20-8-7-14-13(10-20)15(11-5-3-2-4-6-11)12(9-18)16(17)19-14/h2-6H,7-8,10H2,1H3. The molecule has 0 aliphatic carbocycles. The van der Waals surface area contributed by atoms with Crippen LogP contribution in [0.5, 0.6) is 0 Å². The molecule has 0 N–H and O–H groups in total. The van der Waals surface area contributed by atoms with Gasteiger partial charge in [-0.15, -0.1) is 0 Å². The van der Waals surface area contributed by atoms with Gasteiger partial charge < -0.3 is 4.90 Å². The molecule has 2 heterocycles. The summed E-state index contributed by atoms with van der Waals surface area (Å²) < 4.78 is 0. The largest absolute Gasteiger partial charge is 0.302 e. The molecule has 0 radical (unpaired) electrons. The molecule has 3 rings (SSSR count). The van der Waals surface area contributed by atoms with Crippen LogP contribution in [0.15, 0.2) is 30.3 Å². The fourth-order valence-corrected chi connectivity index (χ4v) is 2.93. The lowest BCUT2D eigenvalue weighted by Crippen LogP contribution is -2.28. The Hall–Kier alpha value is -1.89. The number of benzene rings is 1. The van der Waals surface area contributed by atoms with Crippen molar-refractivity contribution >= 4 is 11.6 Å². The van der Waals surface area contributed by atoms with Gasteiger partial charge in [-0.25, -0.2) is 4.98 Å². The minimum atomic E-state index is 0.314. The summed E-state index contributed by atoms with van der Waals surface area (Å²) in [7, 11) is 2.08. The van der Waals surface area contributed by atoms with Crippen molar-refractivity contribution in [2.24, 2.45) is 0 Å². The molecule has 20 heavy (non-hydrogen) atoms. The third-order valence-electron chi connectivity index (χ3n) is 3.67. The van der Waals surface area contributed by atoms with E-state index in [1.807, 2.05) is 30.3 Å². The molecule has 0 bridgehead atoms. The van der Waals surface area contributed by atoms with Gasteiger partial charge in [-0.2, -0.15) is 5.26 Å². The van der Waals surface area contributed by atoms with Gasteiger partial charge in [0, 0.05) is 30.8 Å². The second-order valence-electron chi connectivity index (χ2n) is 5.04. The highest BCUT2D eigenvalue weighted by Gasteiger charge is 2.23. The predicted molar refractivity (Wildman–Crippen MR) is 79.4 cm³/mol. The van der Waals surface area contributed by atoms with E-state index >= 15 is 0 Å². The number of nitrogens with zero attached hydrogens (tertiary/aromatic N) is 3. The highest BCUT2D eigenvalue weighted by atomic mass is 35.5. The van der Waals surface area contributed by atoms with Crippen molar-refractivity contribution in [3.8, 4) is 17.2 Å². The SMILES string of the molecule is CN1CCc2nc(Cl)c(C#N)c(-c3ccccc3)c2C1. The van der Waals surface area contributed by atoms with E-state index in [0.29, 0.717) is 10.7 Å². The summed E-state index contributed by atoms with van der Waals surface area (Å²) in [5, 5.41) is 9.75. The molecule has 1 aliphatic rings. The van der Waals surface area contributed by atoms with Crippen LogP contribution in [0.1, 0.15) is 16.8 Å². The van der Waals surface area contributed by atoms with Crippen LogP contribution >= 0.6 is 11.6 Å². The third kappa shape index (κ3) is 2.18. The predicted octanol–water partition coefficient (Wildman–Crippen LogP) is 3.26. The Morgan fingerprint density at radius 1 is 1.30 bits per heavy atom. The Morgan fingerprint density at radius 3 is 2.75 bits per heavy atom. The summed E-state index contributed by atoms with van der Waals surface area (Å²) in [5.74, 6) is 0. The van der Waals surface area contributed by atoms with E-state index in [-0.39, 0.29) is 0 Å². The number of likely N-dealkylation sites (N-methyl/N-ethyl adjacent to an activating group) is 1. The minimum Gasteiger partial charge on any atom is -0.302 e. The van der Waals surface area contributed by atoms with Crippen molar-refractivity contribution in [3.63, 3.8) is 0 Å². The fraction of sp³-hybridized carbons (Fsp3) is 0.250. The van der Waals surface area contributed by atoms with Crippen LogP contribution in [0.4, 0.5) is 0 Å². The number of nitriles is 1. The van der Waals surface area contributed by atoms with Crippen molar-refractivity contribution in [1.82, 2.24) is 9.88 Å². The normalized spacial score (nSPS) is 14.7. The van der Waals surface area contributed by atoms with Crippen molar-refractivity contribution < 1.29 is 0 Å². The fourth-order valence-electron chi connectivity index (χ4n) is 2.69. The van der Waals surface area contributed by atoms with Gasteiger partial charge in [0.1, 0.15) is 11.2 Å². The molecular formula is C16H14ClN3. The van der Waals surface area contributed by atoms with Crippen LogP contribution in [-0.2, 0) is 13.0 Å². The monoisotopic (exact) mass is 283 g/mol. The van der Waals surface area contributed by atoms with Gasteiger partial charge >= 0.3 is 0 Å². The number of halogens is 1. The van der Waals surface area contributed by atoms with Crippen LogP contribution < -0.4 is 0 Å². The molecule has 100 valence electrons. The van der Waals surface area contributed by atoms with E-state index < -0.39 is 0 Å². The van der Waals surface area contributed by atoms with Crippen molar-refractivity contribution in [3.05, 3.63) is 52.3 Å². The topological polar surface area (TPSA) is 39.9 Å². The number of hydrogen-bond donors (Lipinski definition) is 0. The molecule has 4 heteroatoms. The Labute approximate surface area is 123 Å². The molecule has 1 aromatic heterocycles. The Morgan fingerprint density at radius 2 is 2.05 bits per heavy atom. The van der Waals surface area contributed by atoms with Gasteiger partial charge in [-0.05, 0) is 18.2 Å². The molecule has 2 aromatic rings. The van der Waals surface area contributed by atoms with Gasteiger partial charge in [0.25, 0.3) is 0 Å². The van der Waals surface area contributed by atoms with Crippen LogP contribution in [-0.4, -0.2) is 23.5 Å². The second kappa shape index (κ2) is 5.24. The van der Waals surface area contributed by atoms with Crippen molar-refractivity contribution in [2.75, 3.05) is 13.6 Å². The number of pyridine rings is 1. The first-order valence-electron chi connectivity index (χ1n) is 6.56. The van der Waals surface area contributed by atoms with Gasteiger partial charge in [0.15, 0.2) is 0 Å². The molecule has 3 nitrogen and oxygen atoms in total. The molecular weight excluding hydrogens is 270 g/mol. The highest BCUT2D eigenvalue weighted by Crippen LogP contribution is 2.35. The molecule has 0 spiro atoms. The molecule has 0 unspecified atom stereocenters. The Kier molecular flexibility index (Phi) is 3.43. The summed E-state index contributed by atoms with van der Waals surface area (Å²) in [6.07, 6.45) is 0.872. The highest BCUT2D eigenvalue weighted by molar-refractivity contribution is 6.31. The lowest BCUT2D eigenvalue weighted by atomic mass is 9.92. The summed E-state index contributed by atoms with van der Waals surface area (Å²) in [4.78, 5) is 6.66. The lowest BCUT2D eigenvalue weighted by molar-refractivity contribution is 0.310. The lowest BCUT2D eigenvalue weighted by Gasteiger charge is -2.27. The van der Waals surface area contributed by atoms with Gasteiger partial charge in [0.2, 0.25) is 0 Å². The summed E-state index contributed by atoms with van der Waals surface area (Å²) in [5.41, 5.74) is 4.60. The van der Waals surface area contributed by atoms with E-state index in [0.717, 1.165) is 41.9 Å². The third-order valence-corrected chi connectivity index (χ3v) is 3.95. The minimum absolute atomic E-state index is 0.314. The Bertz CT molecular complexity index is 689. The summed E-state index contributed by atoms with van der Waals surface area (Å²) in [6, 6.07) is 12.2. The average molecular weight is 284 g/mol. The molecule has 1 aromatic carbocycles. The summed E-state index contributed by atoms with van der Waals surface area (Å²) >= 11 is 6.21. The van der Waals surface area contributed by atoms with Crippen molar-refractivity contribution in [2.45, 2.75) is 13.0 Å². The van der Waals surface area contributed by atoms with E-state index in [4.69, 9.17) is 11.6 Å². The first-order chi connectivity index (χ1) is 9.70. The van der Waals surface area contributed by atoms with Crippen LogP contribution in [0, 0.1) is 11.3 Å². The van der Waals surface area contributed by atoms with E-state index in [9.17, 15) is 5.26 Å². The molecule has 1 aliphatic heterocycles. The first kappa shape index (κ1) is 13.1. The maximum atomic E-state index is 9.44. The maximum absolute atomic E-state index is 9.44. The molecule has 0 fully saturated rings. The zero-order chi connectivity index (χ0) is 14.1. The number of fused-ring (bicyclic) bond motifs is 1. The second-order valence-corrected chi connectivity index (χ2v) is 5.40. The molecule has 0 saturated carbocycles. The number of rotatable bonds is 1. The van der Waals surface area contributed by atoms with Crippen LogP contribution in [0.25, 0.3) is 11.1 Å². The first-order valence-corrected chi connectivity index (χ1v) is 6.94. The van der Waals surface area contributed by atoms with Crippen LogP contribution in [0.2, 0.25) is 5.15 Å².